The molecule has 0 unspecified atom stereocenters. The van der Waals surface area contributed by atoms with Crippen molar-refractivity contribution >= 4 is 21.7 Å². The van der Waals surface area contributed by atoms with Gasteiger partial charge in [0.2, 0.25) is 5.78 Å². The zero-order chi connectivity index (χ0) is 18.1. The van der Waals surface area contributed by atoms with E-state index in [2.05, 4.69) is 21.1 Å². The molecule has 0 amide bonds. The van der Waals surface area contributed by atoms with E-state index in [1.807, 2.05) is 18.4 Å². The highest BCUT2D eigenvalue weighted by Crippen LogP contribution is 2.23. The normalized spacial score (nSPS) is 10.9. The number of ether oxygens (including phenoxy) is 1. The summed E-state index contributed by atoms with van der Waals surface area (Å²) in [7, 11) is 0. The van der Waals surface area contributed by atoms with Crippen LogP contribution in [0.2, 0.25) is 0 Å². The van der Waals surface area contributed by atoms with E-state index in [0.717, 1.165) is 11.4 Å². The third kappa shape index (κ3) is 3.51. The zero-order valence-corrected chi connectivity index (χ0v) is 15.6. The molecule has 0 atom stereocenters. The second-order valence-corrected chi connectivity index (χ2v) is 6.62. The van der Waals surface area contributed by atoms with E-state index in [4.69, 9.17) is 9.26 Å². The van der Waals surface area contributed by atoms with Gasteiger partial charge in [0.15, 0.2) is 24.0 Å². The van der Waals surface area contributed by atoms with Crippen molar-refractivity contribution in [2.75, 3.05) is 6.61 Å². The van der Waals surface area contributed by atoms with Gasteiger partial charge < -0.3 is 9.26 Å². The maximum atomic E-state index is 13.8. The maximum absolute atomic E-state index is 13.8. The molecule has 0 bridgehead atoms. The summed E-state index contributed by atoms with van der Waals surface area (Å²) >= 11 is 3.18. The van der Waals surface area contributed by atoms with Crippen molar-refractivity contribution in [3.63, 3.8) is 0 Å². The lowest BCUT2D eigenvalue weighted by molar-refractivity contribution is 0.0918. The molecule has 130 valence electrons. The number of aromatic nitrogens is 2. The van der Waals surface area contributed by atoms with E-state index >= 15 is 0 Å². The monoisotopic (exact) mass is 406 g/mol. The van der Waals surface area contributed by atoms with Gasteiger partial charge in [0.25, 0.3) is 0 Å². The number of rotatable bonds is 5. The number of benzene rings is 1. The van der Waals surface area contributed by atoms with Crippen molar-refractivity contribution in [1.29, 1.82) is 0 Å². The Morgan fingerprint density at radius 3 is 2.68 bits per heavy atom. The lowest BCUT2D eigenvalue weighted by Gasteiger charge is -2.08. The molecular weight excluding hydrogens is 391 g/mol. The van der Waals surface area contributed by atoms with Crippen LogP contribution in [-0.4, -0.2) is 22.1 Å². The van der Waals surface area contributed by atoms with Crippen molar-refractivity contribution in [2.24, 2.45) is 0 Å². The summed E-state index contributed by atoms with van der Waals surface area (Å²) in [4.78, 5) is 12.5. The number of carbonyl (C=O) groups is 1. The number of nitrogens with zero attached hydrogens (tertiary/aromatic N) is 2. The Hall–Kier alpha value is -2.41. The summed E-state index contributed by atoms with van der Waals surface area (Å²) in [6.07, 6.45) is 0. The van der Waals surface area contributed by atoms with Crippen molar-refractivity contribution in [3.8, 4) is 11.6 Å². The van der Waals surface area contributed by atoms with Crippen LogP contribution in [-0.2, 0) is 0 Å². The minimum absolute atomic E-state index is 0.0393. The average Bonchev–Trinajstić information content (AvgIpc) is 3.09. The number of hydrogen-bond donors (Lipinski definition) is 0. The largest absolute Gasteiger partial charge is 0.482 e. The number of halogens is 2. The maximum Gasteiger partial charge on any atom is 0.202 e. The number of ketones is 1. The Kier molecular flexibility index (Phi) is 4.76. The van der Waals surface area contributed by atoms with Gasteiger partial charge in [-0.05, 0) is 45.0 Å². The molecule has 25 heavy (non-hydrogen) atoms. The van der Waals surface area contributed by atoms with Gasteiger partial charge in [0, 0.05) is 27.5 Å². The lowest BCUT2D eigenvalue weighted by Crippen LogP contribution is -2.13. The second kappa shape index (κ2) is 6.84. The summed E-state index contributed by atoms with van der Waals surface area (Å²) in [6.45, 7) is 5.26. The topological polar surface area (TPSA) is 57.3 Å². The fourth-order valence-corrected chi connectivity index (χ4v) is 3.00. The fraction of sp³-hybridized carbons (Fsp3) is 0.222. The molecule has 5 nitrogen and oxygen atoms in total. The highest BCUT2D eigenvalue weighted by atomic mass is 79.9. The highest BCUT2D eigenvalue weighted by Gasteiger charge is 2.19. The van der Waals surface area contributed by atoms with Crippen LogP contribution in [0.3, 0.4) is 0 Å². The predicted molar refractivity (Wildman–Crippen MR) is 94.0 cm³/mol. The molecule has 0 saturated heterocycles. The molecule has 0 N–H and O–H groups in total. The van der Waals surface area contributed by atoms with Crippen LogP contribution in [0.4, 0.5) is 4.39 Å². The van der Waals surface area contributed by atoms with Crippen LogP contribution >= 0.6 is 15.9 Å². The van der Waals surface area contributed by atoms with E-state index in [9.17, 15) is 9.18 Å². The Labute approximate surface area is 152 Å². The fourth-order valence-electron chi connectivity index (χ4n) is 2.67. The molecule has 0 spiro atoms. The van der Waals surface area contributed by atoms with Gasteiger partial charge in [-0.2, -0.15) is 0 Å². The highest BCUT2D eigenvalue weighted by molar-refractivity contribution is 9.10. The summed E-state index contributed by atoms with van der Waals surface area (Å²) in [5.41, 5.74) is 2.09. The van der Waals surface area contributed by atoms with Crippen LogP contribution in [0.15, 0.2) is 39.3 Å². The number of carbonyl (C=O) groups excluding carboxylic acids is 1. The van der Waals surface area contributed by atoms with Crippen LogP contribution < -0.4 is 4.74 Å². The van der Waals surface area contributed by atoms with E-state index in [1.54, 1.807) is 25.1 Å². The second-order valence-electron chi connectivity index (χ2n) is 5.70. The molecule has 0 aliphatic rings. The molecule has 0 fully saturated rings. The molecule has 2 heterocycles. The van der Waals surface area contributed by atoms with Crippen LogP contribution in [0.1, 0.15) is 27.5 Å². The van der Waals surface area contributed by atoms with Crippen molar-refractivity contribution < 1.29 is 18.4 Å². The molecule has 0 aliphatic heterocycles. The van der Waals surface area contributed by atoms with E-state index in [0.29, 0.717) is 21.6 Å². The van der Waals surface area contributed by atoms with Crippen molar-refractivity contribution in [3.05, 3.63) is 63.3 Å². The van der Waals surface area contributed by atoms with Gasteiger partial charge in [-0.1, -0.05) is 21.1 Å². The number of aryl methyl sites for hydroxylation is 2. The first kappa shape index (κ1) is 17.4. The summed E-state index contributed by atoms with van der Waals surface area (Å²) in [5.74, 6) is 0.584. The lowest BCUT2D eigenvalue weighted by atomic mass is 10.1. The first-order chi connectivity index (χ1) is 11.9. The third-order valence-electron chi connectivity index (χ3n) is 3.83. The first-order valence-electron chi connectivity index (χ1n) is 7.60. The van der Waals surface area contributed by atoms with E-state index in [-0.39, 0.29) is 18.1 Å². The van der Waals surface area contributed by atoms with Gasteiger partial charge in [-0.25, -0.2) is 4.39 Å². The van der Waals surface area contributed by atoms with Gasteiger partial charge >= 0.3 is 0 Å². The molecule has 0 aliphatic carbocycles. The van der Waals surface area contributed by atoms with E-state index in [1.165, 1.54) is 12.1 Å². The van der Waals surface area contributed by atoms with Crippen LogP contribution in [0.25, 0.3) is 5.82 Å². The molecule has 7 heteroatoms. The Bertz CT molecular complexity index is 946. The minimum Gasteiger partial charge on any atom is -0.482 e. The standard InChI is InChI=1S/C18H16BrFN2O3/c1-10-6-14(12(3)22(10)18-7-11(2)25-21-18)16(23)9-24-17-5-4-13(19)8-15(17)20/h4-8H,9H2,1-3H3. The van der Waals surface area contributed by atoms with Gasteiger partial charge in [0.1, 0.15) is 5.76 Å². The molecule has 2 aromatic heterocycles. The molecule has 0 saturated carbocycles. The Morgan fingerprint density at radius 1 is 1.28 bits per heavy atom. The molecular formula is C18H16BrFN2O3. The SMILES string of the molecule is Cc1cc(-n2c(C)cc(C(=O)COc3ccc(Br)cc3F)c2C)no1. The third-order valence-corrected chi connectivity index (χ3v) is 4.32. The molecule has 3 aromatic rings. The molecule has 0 radical (unpaired) electrons. The van der Waals surface area contributed by atoms with Crippen LogP contribution in [0.5, 0.6) is 5.75 Å². The zero-order valence-electron chi connectivity index (χ0n) is 14.0. The number of Topliss-reactive ketones (excluding diaryl/α,β-unsaturated/α-hetero) is 1. The van der Waals surface area contributed by atoms with Crippen molar-refractivity contribution in [1.82, 2.24) is 9.72 Å². The predicted octanol–water partition coefficient (Wildman–Crippen LogP) is 4.55. The minimum atomic E-state index is -0.522. The van der Waals surface area contributed by atoms with Crippen LogP contribution in [0, 0.1) is 26.6 Å². The summed E-state index contributed by atoms with van der Waals surface area (Å²) in [6, 6.07) is 7.99. The Balaban J connectivity index is 1.81. The quantitative estimate of drug-likeness (QED) is 0.583. The molecule has 3 rings (SSSR count). The average molecular weight is 407 g/mol. The van der Waals surface area contributed by atoms with Gasteiger partial charge in [-0.3, -0.25) is 9.36 Å². The first-order valence-corrected chi connectivity index (χ1v) is 8.40. The van der Waals surface area contributed by atoms with Crippen molar-refractivity contribution in [2.45, 2.75) is 20.8 Å². The smallest absolute Gasteiger partial charge is 0.202 e. The summed E-state index contributed by atoms with van der Waals surface area (Å²) in [5, 5.41) is 3.99. The van der Waals surface area contributed by atoms with Gasteiger partial charge in [-0.15, -0.1) is 0 Å². The summed E-state index contributed by atoms with van der Waals surface area (Å²) < 4.78 is 26.7. The Morgan fingerprint density at radius 2 is 2.04 bits per heavy atom. The van der Waals surface area contributed by atoms with Gasteiger partial charge in [0.05, 0.1) is 0 Å². The number of hydrogen-bond acceptors (Lipinski definition) is 4. The molecule has 1 aromatic carbocycles. The van der Waals surface area contributed by atoms with E-state index < -0.39 is 5.82 Å².